The topological polar surface area (TPSA) is 20.2 Å². The Kier molecular flexibility index (Phi) is 10.1. The lowest BCUT2D eigenvalue weighted by atomic mass is 9.83. The van der Waals surface area contributed by atoms with Crippen LogP contribution in [0, 0.1) is 11.8 Å². The summed E-state index contributed by atoms with van der Waals surface area (Å²) in [4.78, 5) is 0. The Morgan fingerprint density at radius 2 is 1.17 bits per heavy atom. The lowest BCUT2D eigenvalue weighted by Gasteiger charge is -2.35. The molecule has 0 heterocycles. The van der Waals surface area contributed by atoms with Crippen LogP contribution in [0.1, 0.15) is 32.6 Å². The number of hydrogen-bond donors (Lipinski definition) is 1. The van der Waals surface area contributed by atoms with Crippen LogP contribution in [0.25, 0.3) is 0 Å². The van der Waals surface area contributed by atoms with Crippen LogP contribution < -0.4 is 0 Å². The van der Waals surface area contributed by atoms with Crippen LogP contribution in [0.3, 0.4) is 0 Å². The zero-order chi connectivity index (χ0) is 24.2. The normalized spacial score (nSPS) is 17.7. The highest BCUT2D eigenvalue weighted by atomic mass is 32.2. The second-order valence-electron chi connectivity index (χ2n) is 6.64. The minimum absolute atomic E-state index is 0.0699. The van der Waals surface area contributed by atoms with E-state index in [1.165, 1.54) is 0 Å². The van der Waals surface area contributed by atoms with Crippen molar-refractivity contribution in [3.8, 4) is 0 Å². The predicted molar refractivity (Wildman–Crippen MR) is 82.5 cm³/mol. The number of thioether (sulfide) groups is 1. The average Bonchev–Trinajstić information content (AvgIpc) is 2.51. The first-order valence-electron chi connectivity index (χ1n) is 8.38. The zero-order valence-electron chi connectivity index (χ0n) is 15.2. The van der Waals surface area contributed by atoms with Gasteiger partial charge in [-0.3, -0.25) is 0 Å². The lowest BCUT2D eigenvalue weighted by Crippen LogP contribution is -2.55. The number of hydrogen-bond acceptors (Lipinski definition) is 2. The molecule has 3 atom stereocenters. The van der Waals surface area contributed by atoms with E-state index in [4.69, 9.17) is 0 Å². The molecule has 30 heavy (non-hydrogen) atoms. The molecule has 0 aliphatic rings. The van der Waals surface area contributed by atoms with Gasteiger partial charge in [-0.15, -0.1) is 0 Å². The minimum atomic E-state index is -6.81. The highest BCUT2D eigenvalue weighted by Gasteiger charge is 2.74. The molecule has 1 N–H and O–H groups in total. The van der Waals surface area contributed by atoms with Gasteiger partial charge >= 0.3 is 24.7 Å². The van der Waals surface area contributed by atoms with Crippen LogP contribution in [0.4, 0.5) is 57.1 Å². The molecule has 0 saturated carbocycles. The molecule has 0 aromatic heterocycles. The quantitative estimate of drug-likeness (QED) is 0.265. The zero-order valence-corrected chi connectivity index (χ0v) is 16.1. The summed E-state index contributed by atoms with van der Waals surface area (Å²) in [6.07, 6.45) is -32.1. The van der Waals surface area contributed by atoms with Crippen LogP contribution in [0.5, 0.6) is 0 Å². The Bertz CT molecular complexity index is 495. The molecule has 0 radical (unpaired) electrons. The standard InChI is InChI=1S/C15H19F13OS/c1-2-10(29)7-30-4-3-8(12(17,18)19)5-9(13(20,21)22)6-11(16,14(23,24)25)15(26,27)28/h8-10,29H,2-7H2,1H3. The van der Waals surface area contributed by atoms with Gasteiger partial charge in [0, 0.05) is 12.2 Å². The summed E-state index contributed by atoms with van der Waals surface area (Å²) in [6.45, 7) is 1.54. The third-order valence-electron chi connectivity index (χ3n) is 4.31. The van der Waals surface area contributed by atoms with Crippen molar-refractivity contribution in [1.82, 2.24) is 0 Å². The number of aliphatic hydroxyl groups is 1. The number of rotatable bonds is 10. The summed E-state index contributed by atoms with van der Waals surface area (Å²) in [7, 11) is 0. The molecule has 0 spiro atoms. The number of alkyl halides is 13. The molecule has 0 aromatic rings. The van der Waals surface area contributed by atoms with Crippen molar-refractivity contribution < 1.29 is 62.2 Å². The maximum Gasteiger partial charge on any atom is 0.431 e. The van der Waals surface area contributed by atoms with Gasteiger partial charge in [0.25, 0.3) is 5.67 Å². The van der Waals surface area contributed by atoms with Gasteiger partial charge in [0.1, 0.15) is 0 Å². The van der Waals surface area contributed by atoms with Crippen molar-refractivity contribution in [1.29, 1.82) is 0 Å². The second kappa shape index (κ2) is 10.3. The van der Waals surface area contributed by atoms with Gasteiger partial charge in [-0.25, -0.2) is 4.39 Å². The first-order valence-corrected chi connectivity index (χ1v) is 9.53. The fourth-order valence-corrected chi connectivity index (χ4v) is 3.51. The molecule has 0 aliphatic heterocycles. The second-order valence-corrected chi connectivity index (χ2v) is 7.79. The van der Waals surface area contributed by atoms with Crippen molar-refractivity contribution in [2.24, 2.45) is 11.8 Å². The largest absolute Gasteiger partial charge is 0.431 e. The summed E-state index contributed by atoms with van der Waals surface area (Å²) in [6, 6.07) is 0. The maximum atomic E-state index is 13.7. The fourth-order valence-electron chi connectivity index (χ4n) is 2.39. The predicted octanol–water partition coefficient (Wildman–Crippen LogP) is 6.85. The third-order valence-corrected chi connectivity index (χ3v) is 5.46. The van der Waals surface area contributed by atoms with Crippen LogP contribution in [0.15, 0.2) is 0 Å². The van der Waals surface area contributed by atoms with E-state index in [1.54, 1.807) is 6.92 Å². The molecule has 0 aromatic carbocycles. The smallest absolute Gasteiger partial charge is 0.392 e. The molecule has 0 saturated heterocycles. The Morgan fingerprint density at radius 1 is 0.733 bits per heavy atom. The van der Waals surface area contributed by atoms with Gasteiger partial charge in [-0.1, -0.05) is 6.92 Å². The molecule has 0 rings (SSSR count). The molecular formula is C15H19F13OS. The van der Waals surface area contributed by atoms with E-state index < -0.39 is 73.3 Å². The molecule has 0 bridgehead atoms. The summed E-state index contributed by atoms with van der Waals surface area (Å²) in [5.74, 6) is -7.30. The van der Waals surface area contributed by atoms with Crippen molar-refractivity contribution in [3.63, 3.8) is 0 Å². The molecule has 15 heteroatoms. The van der Waals surface area contributed by atoms with E-state index in [1.807, 2.05) is 0 Å². The van der Waals surface area contributed by atoms with Crippen LogP contribution in [-0.4, -0.2) is 53.1 Å². The summed E-state index contributed by atoms with van der Waals surface area (Å²) >= 11 is 0.721. The van der Waals surface area contributed by atoms with Crippen molar-refractivity contribution >= 4 is 11.8 Å². The molecular weight excluding hydrogens is 475 g/mol. The Hall–Kier alpha value is -0.600. The molecule has 0 aliphatic carbocycles. The van der Waals surface area contributed by atoms with Crippen LogP contribution >= 0.6 is 11.8 Å². The SMILES string of the molecule is CCC(O)CSCCC(CC(CC(F)(C(F)(F)F)C(F)(F)F)C(F)(F)F)C(F)(F)F. The lowest BCUT2D eigenvalue weighted by molar-refractivity contribution is -0.353. The van der Waals surface area contributed by atoms with E-state index in [2.05, 4.69) is 0 Å². The van der Waals surface area contributed by atoms with Gasteiger partial charge in [0.05, 0.1) is 17.9 Å². The number of aliphatic hydroxyl groups excluding tert-OH is 1. The third kappa shape index (κ3) is 8.50. The van der Waals surface area contributed by atoms with E-state index in [0.717, 1.165) is 11.8 Å². The van der Waals surface area contributed by atoms with Gasteiger partial charge in [0.2, 0.25) is 0 Å². The van der Waals surface area contributed by atoms with E-state index >= 15 is 0 Å². The summed E-state index contributed by atoms with van der Waals surface area (Å²) in [5.41, 5.74) is -6.32. The first-order chi connectivity index (χ1) is 13.2. The van der Waals surface area contributed by atoms with E-state index in [-0.39, 0.29) is 12.2 Å². The van der Waals surface area contributed by atoms with Crippen molar-refractivity contribution in [3.05, 3.63) is 0 Å². The molecule has 182 valence electrons. The Labute approximate surface area is 167 Å². The average molecular weight is 494 g/mol. The summed E-state index contributed by atoms with van der Waals surface area (Å²) in [5, 5.41) is 9.27. The van der Waals surface area contributed by atoms with Crippen molar-refractivity contribution in [2.45, 2.75) is 69.1 Å². The van der Waals surface area contributed by atoms with E-state index in [0.29, 0.717) is 0 Å². The van der Waals surface area contributed by atoms with Gasteiger partial charge in [-0.05, 0) is 25.0 Å². The Balaban J connectivity index is 5.63. The van der Waals surface area contributed by atoms with E-state index in [9.17, 15) is 62.2 Å². The van der Waals surface area contributed by atoms with Crippen LogP contribution in [-0.2, 0) is 0 Å². The number of halogens is 13. The maximum absolute atomic E-state index is 13.7. The van der Waals surface area contributed by atoms with Gasteiger partial charge in [0.15, 0.2) is 0 Å². The fraction of sp³-hybridized carbons (Fsp3) is 1.00. The molecule has 0 amide bonds. The first kappa shape index (κ1) is 29.4. The van der Waals surface area contributed by atoms with Crippen molar-refractivity contribution in [2.75, 3.05) is 11.5 Å². The monoisotopic (exact) mass is 494 g/mol. The summed E-state index contributed by atoms with van der Waals surface area (Å²) < 4.78 is 167. The van der Waals surface area contributed by atoms with Gasteiger partial charge in [-0.2, -0.15) is 64.4 Å². The van der Waals surface area contributed by atoms with Gasteiger partial charge < -0.3 is 5.11 Å². The highest BCUT2D eigenvalue weighted by molar-refractivity contribution is 7.99. The van der Waals surface area contributed by atoms with Crippen LogP contribution in [0.2, 0.25) is 0 Å². The Morgan fingerprint density at radius 3 is 1.50 bits per heavy atom. The molecule has 0 fully saturated rings. The molecule has 1 nitrogen and oxygen atoms in total. The highest BCUT2D eigenvalue weighted by Crippen LogP contribution is 2.53. The minimum Gasteiger partial charge on any atom is -0.392 e. The molecule has 3 unspecified atom stereocenters.